The lowest BCUT2D eigenvalue weighted by molar-refractivity contribution is 0.0768. The molecule has 0 aromatic rings. The van der Waals surface area contributed by atoms with Crippen LogP contribution in [0.25, 0.3) is 0 Å². The van der Waals surface area contributed by atoms with Crippen LogP contribution in [0.1, 0.15) is 0 Å². The van der Waals surface area contributed by atoms with E-state index in [0.29, 0.717) is 6.54 Å². The minimum Gasteiger partial charge on any atom is -0.394 e. The van der Waals surface area contributed by atoms with Crippen LogP contribution in [0.5, 0.6) is 0 Å². The molecule has 11 heavy (non-hydrogen) atoms. The topological polar surface area (TPSA) is 52.5 Å². The Morgan fingerprint density at radius 3 is 2.45 bits per heavy atom. The molecule has 0 saturated carbocycles. The molecule has 0 spiro atoms. The van der Waals surface area contributed by atoms with Crippen LogP contribution in [0.3, 0.4) is 0 Å². The lowest BCUT2D eigenvalue weighted by Crippen LogP contribution is -2.40. The van der Waals surface area contributed by atoms with Crippen molar-refractivity contribution in [3.8, 4) is 0 Å². The van der Waals surface area contributed by atoms with Gasteiger partial charge in [-0.15, -0.1) is 13.2 Å². The Hall–Kier alpha value is -0.640. The van der Waals surface area contributed by atoms with Gasteiger partial charge in [-0.05, 0) is 0 Å². The predicted molar refractivity (Wildman–Crippen MR) is 45.3 cm³/mol. The van der Waals surface area contributed by atoms with E-state index in [1.807, 2.05) is 0 Å². The molecule has 3 nitrogen and oxygen atoms in total. The van der Waals surface area contributed by atoms with Crippen LogP contribution in [-0.2, 0) is 0 Å². The fraction of sp³-hybridized carbons (Fsp3) is 0.500. The average molecular weight is 157 g/mol. The van der Waals surface area contributed by atoms with E-state index in [0.717, 1.165) is 0 Å². The molecular formula is C8H15NO2. The summed E-state index contributed by atoms with van der Waals surface area (Å²) in [5, 5.41) is 20.6. The van der Waals surface area contributed by atoms with E-state index in [1.165, 1.54) is 0 Å². The average Bonchev–Trinajstić information content (AvgIpc) is 2.05. The molecule has 3 N–H and O–H groups in total. The molecule has 0 aliphatic heterocycles. The Balaban J connectivity index is 3.73. The highest BCUT2D eigenvalue weighted by Gasteiger charge is 2.12. The molecule has 0 amide bonds. The van der Waals surface area contributed by atoms with Crippen LogP contribution in [0.15, 0.2) is 25.3 Å². The summed E-state index contributed by atoms with van der Waals surface area (Å²) in [6.07, 6.45) is 2.46. The van der Waals surface area contributed by atoms with Gasteiger partial charge in [0.25, 0.3) is 0 Å². The van der Waals surface area contributed by atoms with Crippen molar-refractivity contribution in [1.29, 1.82) is 0 Å². The zero-order valence-corrected chi connectivity index (χ0v) is 6.53. The Bertz CT molecular complexity index is 125. The monoisotopic (exact) mass is 157 g/mol. The summed E-state index contributed by atoms with van der Waals surface area (Å²) in [6, 6.07) is -0.266. The van der Waals surface area contributed by atoms with Crippen molar-refractivity contribution in [1.82, 2.24) is 5.32 Å². The van der Waals surface area contributed by atoms with Crippen molar-refractivity contribution >= 4 is 0 Å². The number of aliphatic hydroxyl groups is 2. The summed E-state index contributed by atoms with van der Waals surface area (Å²) in [7, 11) is 0. The molecule has 3 heteroatoms. The Morgan fingerprint density at radius 1 is 1.45 bits per heavy atom. The Labute approximate surface area is 67.1 Å². The molecule has 1 unspecified atom stereocenters. The third kappa shape index (κ3) is 3.93. The standard InChI is InChI=1S/C8H15NO2/c1-3-5-9-7(4-2)8(11)6-10/h3-4,7-11H,1-2,5-6H2/t7?,8-/m1/s1. The van der Waals surface area contributed by atoms with E-state index in [-0.39, 0.29) is 12.6 Å². The quantitative estimate of drug-likeness (QED) is 0.463. The SMILES string of the molecule is C=CCNC(C=C)[C@H](O)CO. The second-order valence-corrected chi connectivity index (χ2v) is 2.21. The number of aliphatic hydroxyl groups excluding tert-OH is 2. The van der Waals surface area contributed by atoms with Gasteiger partial charge in [-0.25, -0.2) is 0 Å². The van der Waals surface area contributed by atoms with Crippen molar-refractivity contribution in [2.24, 2.45) is 0 Å². The molecule has 0 saturated heterocycles. The zero-order valence-electron chi connectivity index (χ0n) is 6.53. The summed E-state index contributed by atoms with van der Waals surface area (Å²) >= 11 is 0. The van der Waals surface area contributed by atoms with Gasteiger partial charge >= 0.3 is 0 Å². The third-order valence-electron chi connectivity index (χ3n) is 1.35. The van der Waals surface area contributed by atoms with E-state index in [9.17, 15) is 0 Å². The number of hydrogen-bond acceptors (Lipinski definition) is 3. The summed E-state index contributed by atoms with van der Waals surface area (Å²) in [5.74, 6) is 0. The molecule has 0 radical (unpaired) electrons. The van der Waals surface area contributed by atoms with Crippen molar-refractivity contribution in [2.75, 3.05) is 13.2 Å². The van der Waals surface area contributed by atoms with Gasteiger partial charge in [0.15, 0.2) is 0 Å². The Morgan fingerprint density at radius 2 is 2.09 bits per heavy atom. The molecule has 2 atom stereocenters. The first-order valence-electron chi connectivity index (χ1n) is 3.52. The highest BCUT2D eigenvalue weighted by atomic mass is 16.3. The first-order chi connectivity index (χ1) is 5.26. The van der Waals surface area contributed by atoms with E-state index in [2.05, 4.69) is 18.5 Å². The van der Waals surface area contributed by atoms with Crippen LogP contribution < -0.4 is 5.32 Å². The maximum Gasteiger partial charge on any atom is 0.0959 e. The van der Waals surface area contributed by atoms with Crippen LogP contribution >= 0.6 is 0 Å². The first kappa shape index (κ1) is 10.4. The minimum atomic E-state index is -0.785. The molecule has 0 bridgehead atoms. The minimum absolute atomic E-state index is 0.263. The second-order valence-electron chi connectivity index (χ2n) is 2.21. The molecule has 0 aromatic heterocycles. The van der Waals surface area contributed by atoms with Crippen LogP contribution in [0.4, 0.5) is 0 Å². The van der Waals surface area contributed by atoms with Crippen molar-refractivity contribution in [2.45, 2.75) is 12.1 Å². The molecule has 0 fully saturated rings. The van der Waals surface area contributed by atoms with Gasteiger partial charge in [0, 0.05) is 6.54 Å². The fourth-order valence-electron chi connectivity index (χ4n) is 0.709. The molecule has 0 rings (SSSR count). The molecule has 64 valence electrons. The van der Waals surface area contributed by atoms with Crippen LogP contribution in [0, 0.1) is 0 Å². The highest BCUT2D eigenvalue weighted by Crippen LogP contribution is 1.92. The van der Waals surface area contributed by atoms with Crippen LogP contribution in [-0.4, -0.2) is 35.5 Å². The van der Waals surface area contributed by atoms with E-state index >= 15 is 0 Å². The van der Waals surface area contributed by atoms with Gasteiger partial charge < -0.3 is 15.5 Å². The highest BCUT2D eigenvalue weighted by molar-refractivity contribution is 4.92. The summed E-state index contributed by atoms with van der Waals surface area (Å²) in [4.78, 5) is 0. The zero-order chi connectivity index (χ0) is 8.69. The van der Waals surface area contributed by atoms with Crippen molar-refractivity contribution in [3.63, 3.8) is 0 Å². The normalized spacial score (nSPS) is 15.5. The van der Waals surface area contributed by atoms with Gasteiger partial charge in [-0.3, -0.25) is 0 Å². The largest absolute Gasteiger partial charge is 0.394 e. The maximum atomic E-state index is 9.13. The second kappa shape index (κ2) is 6.09. The molecule has 0 heterocycles. The van der Waals surface area contributed by atoms with Gasteiger partial charge in [0.1, 0.15) is 0 Å². The molecule has 0 aliphatic carbocycles. The van der Waals surface area contributed by atoms with E-state index in [4.69, 9.17) is 10.2 Å². The Kier molecular flexibility index (Phi) is 5.74. The third-order valence-corrected chi connectivity index (χ3v) is 1.35. The van der Waals surface area contributed by atoms with Crippen LogP contribution in [0.2, 0.25) is 0 Å². The lowest BCUT2D eigenvalue weighted by atomic mass is 10.1. The van der Waals surface area contributed by atoms with Gasteiger partial charge in [0.05, 0.1) is 18.8 Å². The van der Waals surface area contributed by atoms with Gasteiger partial charge in [-0.1, -0.05) is 12.2 Å². The van der Waals surface area contributed by atoms with Gasteiger partial charge in [-0.2, -0.15) is 0 Å². The van der Waals surface area contributed by atoms with E-state index in [1.54, 1.807) is 12.2 Å². The summed E-state index contributed by atoms with van der Waals surface area (Å²) in [6.45, 7) is 7.35. The smallest absolute Gasteiger partial charge is 0.0959 e. The first-order valence-corrected chi connectivity index (χ1v) is 3.52. The van der Waals surface area contributed by atoms with Crippen molar-refractivity contribution < 1.29 is 10.2 Å². The number of hydrogen-bond donors (Lipinski definition) is 3. The maximum absolute atomic E-state index is 9.13. The molecule has 0 aliphatic rings. The lowest BCUT2D eigenvalue weighted by Gasteiger charge is -2.17. The summed E-state index contributed by atoms with van der Waals surface area (Å²) in [5.41, 5.74) is 0. The fourth-order valence-corrected chi connectivity index (χ4v) is 0.709. The van der Waals surface area contributed by atoms with Crippen molar-refractivity contribution in [3.05, 3.63) is 25.3 Å². The molecular weight excluding hydrogens is 142 g/mol. The number of rotatable bonds is 6. The van der Waals surface area contributed by atoms with Gasteiger partial charge in [0.2, 0.25) is 0 Å². The summed E-state index contributed by atoms with van der Waals surface area (Å²) < 4.78 is 0. The predicted octanol–water partition coefficient (Wildman–Crippen LogP) is -0.330. The number of nitrogens with one attached hydrogen (secondary N) is 1. The van der Waals surface area contributed by atoms with E-state index < -0.39 is 6.10 Å². The molecule has 0 aromatic carbocycles.